The largest absolute Gasteiger partial charge is 0.493 e. The average molecular weight is 292 g/mol. The van der Waals surface area contributed by atoms with E-state index in [0.717, 1.165) is 23.0 Å². The molecule has 0 amide bonds. The number of ether oxygens (including phenoxy) is 1. The van der Waals surface area contributed by atoms with Crippen molar-refractivity contribution in [3.8, 4) is 5.75 Å². The van der Waals surface area contributed by atoms with Crippen molar-refractivity contribution < 1.29 is 4.74 Å². The molecule has 2 N–H and O–H groups in total. The molecule has 3 rings (SSSR count). The minimum Gasteiger partial charge on any atom is -0.493 e. The fourth-order valence-corrected chi connectivity index (χ4v) is 3.44. The number of benzene rings is 2. The van der Waals surface area contributed by atoms with Crippen molar-refractivity contribution in [1.29, 1.82) is 0 Å². The lowest BCUT2D eigenvalue weighted by molar-refractivity contribution is 0.339. The number of nitrogens with two attached hydrogens (primary N) is 1. The van der Waals surface area contributed by atoms with E-state index in [0.29, 0.717) is 16.6 Å². The predicted octanol–water partition coefficient (Wildman–Crippen LogP) is 4.19. The van der Waals surface area contributed by atoms with Crippen LogP contribution < -0.4 is 10.5 Å². The van der Waals surface area contributed by atoms with Gasteiger partial charge in [-0.2, -0.15) is 0 Å². The topological polar surface area (TPSA) is 35.2 Å². The van der Waals surface area contributed by atoms with E-state index in [1.54, 1.807) is 11.8 Å². The molecule has 1 atom stereocenters. The summed E-state index contributed by atoms with van der Waals surface area (Å²) in [5.74, 6) is 2.44. The molecule has 0 aromatic heterocycles. The van der Waals surface area contributed by atoms with Crippen molar-refractivity contribution >= 4 is 29.1 Å². The molecule has 0 fully saturated rings. The van der Waals surface area contributed by atoms with E-state index in [4.69, 9.17) is 22.1 Å². The summed E-state index contributed by atoms with van der Waals surface area (Å²) in [6.45, 7) is 0.759. The molecule has 0 aliphatic carbocycles. The number of rotatable bonds is 3. The Labute approximate surface area is 121 Å². The molecule has 2 nitrogen and oxygen atoms in total. The van der Waals surface area contributed by atoms with Crippen LogP contribution in [0.3, 0.4) is 0 Å². The first kappa shape index (κ1) is 12.7. The van der Waals surface area contributed by atoms with Gasteiger partial charge in [0.2, 0.25) is 0 Å². The maximum atomic E-state index is 6.03. The zero-order valence-electron chi connectivity index (χ0n) is 10.3. The molecule has 1 heterocycles. The van der Waals surface area contributed by atoms with Gasteiger partial charge in [-0.15, -0.1) is 11.8 Å². The van der Waals surface area contributed by atoms with E-state index >= 15 is 0 Å². The molecule has 4 heteroatoms. The molecule has 0 saturated carbocycles. The fourth-order valence-electron chi connectivity index (χ4n) is 2.16. The monoisotopic (exact) mass is 291 g/mol. The number of thioether (sulfide) groups is 1. The SMILES string of the molecule is Nc1ccc(SCC2COc3ccccc32)cc1Cl. The number of nitrogen functional groups attached to an aromatic ring is 1. The summed E-state index contributed by atoms with van der Waals surface area (Å²) in [5, 5.41) is 0.619. The number of hydrogen-bond donors (Lipinski definition) is 1. The van der Waals surface area contributed by atoms with Crippen LogP contribution in [-0.2, 0) is 0 Å². The zero-order chi connectivity index (χ0) is 13.2. The van der Waals surface area contributed by atoms with Crippen LogP contribution >= 0.6 is 23.4 Å². The van der Waals surface area contributed by atoms with E-state index < -0.39 is 0 Å². The van der Waals surface area contributed by atoms with Crippen molar-refractivity contribution in [1.82, 2.24) is 0 Å². The molecular weight excluding hydrogens is 278 g/mol. The number of para-hydroxylation sites is 1. The number of halogens is 1. The lowest BCUT2D eigenvalue weighted by atomic mass is 10.0. The van der Waals surface area contributed by atoms with Crippen molar-refractivity contribution in [2.45, 2.75) is 10.8 Å². The van der Waals surface area contributed by atoms with Crippen LogP contribution in [0.1, 0.15) is 11.5 Å². The van der Waals surface area contributed by atoms with Crippen LogP contribution in [0.4, 0.5) is 5.69 Å². The van der Waals surface area contributed by atoms with Crippen molar-refractivity contribution in [2.75, 3.05) is 18.1 Å². The molecule has 1 aliphatic rings. The quantitative estimate of drug-likeness (QED) is 0.680. The second kappa shape index (κ2) is 5.35. The van der Waals surface area contributed by atoms with Crippen LogP contribution in [0.5, 0.6) is 5.75 Å². The van der Waals surface area contributed by atoms with E-state index in [-0.39, 0.29) is 0 Å². The van der Waals surface area contributed by atoms with E-state index in [2.05, 4.69) is 12.1 Å². The Balaban J connectivity index is 1.69. The second-order valence-corrected chi connectivity index (χ2v) is 6.04. The van der Waals surface area contributed by atoms with Gasteiger partial charge >= 0.3 is 0 Å². The van der Waals surface area contributed by atoms with Gasteiger partial charge in [-0.05, 0) is 24.3 Å². The third-order valence-electron chi connectivity index (χ3n) is 3.22. The van der Waals surface area contributed by atoms with Gasteiger partial charge in [-0.3, -0.25) is 0 Å². The molecule has 0 saturated heterocycles. The number of fused-ring (bicyclic) bond motifs is 1. The molecule has 0 spiro atoms. The van der Waals surface area contributed by atoms with Crippen LogP contribution in [0, 0.1) is 0 Å². The van der Waals surface area contributed by atoms with Gasteiger partial charge in [0, 0.05) is 22.1 Å². The maximum absolute atomic E-state index is 6.03. The van der Waals surface area contributed by atoms with Gasteiger partial charge in [0.15, 0.2) is 0 Å². The highest BCUT2D eigenvalue weighted by molar-refractivity contribution is 7.99. The van der Waals surface area contributed by atoms with Crippen LogP contribution in [-0.4, -0.2) is 12.4 Å². The third kappa shape index (κ3) is 2.67. The van der Waals surface area contributed by atoms with Crippen molar-refractivity contribution in [3.63, 3.8) is 0 Å². The van der Waals surface area contributed by atoms with Gasteiger partial charge in [0.1, 0.15) is 5.75 Å². The summed E-state index contributed by atoms with van der Waals surface area (Å²) in [6.07, 6.45) is 0. The summed E-state index contributed by atoms with van der Waals surface area (Å²) in [4.78, 5) is 1.14. The normalized spacial score (nSPS) is 17.0. The molecule has 0 radical (unpaired) electrons. The first-order valence-corrected chi connectivity index (χ1v) is 7.50. The summed E-state index contributed by atoms with van der Waals surface area (Å²) < 4.78 is 5.68. The highest BCUT2D eigenvalue weighted by Gasteiger charge is 2.23. The number of hydrogen-bond acceptors (Lipinski definition) is 3. The summed E-state index contributed by atoms with van der Waals surface area (Å²) >= 11 is 7.81. The van der Waals surface area contributed by atoms with Gasteiger partial charge in [-0.25, -0.2) is 0 Å². The first-order valence-electron chi connectivity index (χ1n) is 6.13. The Bertz CT molecular complexity index is 602. The van der Waals surface area contributed by atoms with Crippen molar-refractivity contribution in [3.05, 3.63) is 53.1 Å². The number of anilines is 1. The van der Waals surface area contributed by atoms with Crippen LogP contribution in [0.25, 0.3) is 0 Å². The molecule has 1 aliphatic heterocycles. The Kier molecular flexibility index (Phi) is 3.58. The summed E-state index contributed by atoms with van der Waals surface area (Å²) in [7, 11) is 0. The van der Waals surface area contributed by atoms with Gasteiger partial charge < -0.3 is 10.5 Å². The van der Waals surface area contributed by atoms with E-state index in [9.17, 15) is 0 Å². The zero-order valence-corrected chi connectivity index (χ0v) is 11.9. The molecular formula is C15H14ClNOS. The Morgan fingerprint density at radius 3 is 2.95 bits per heavy atom. The summed E-state index contributed by atoms with van der Waals surface area (Å²) in [5.41, 5.74) is 7.64. The Morgan fingerprint density at radius 1 is 1.26 bits per heavy atom. The van der Waals surface area contributed by atoms with Crippen LogP contribution in [0.2, 0.25) is 5.02 Å². The average Bonchev–Trinajstić information content (AvgIpc) is 2.83. The van der Waals surface area contributed by atoms with Gasteiger partial charge in [0.25, 0.3) is 0 Å². The Morgan fingerprint density at radius 2 is 2.11 bits per heavy atom. The van der Waals surface area contributed by atoms with Crippen LogP contribution in [0.15, 0.2) is 47.4 Å². The first-order chi connectivity index (χ1) is 9.24. The molecule has 1 unspecified atom stereocenters. The van der Waals surface area contributed by atoms with Crippen molar-refractivity contribution in [2.24, 2.45) is 0 Å². The second-order valence-electron chi connectivity index (χ2n) is 4.54. The predicted molar refractivity (Wildman–Crippen MR) is 81.3 cm³/mol. The molecule has 2 aromatic rings. The lowest BCUT2D eigenvalue weighted by Crippen LogP contribution is -2.03. The fraction of sp³-hybridized carbons (Fsp3) is 0.200. The van der Waals surface area contributed by atoms with E-state index in [1.165, 1.54) is 5.56 Å². The van der Waals surface area contributed by atoms with Gasteiger partial charge in [0.05, 0.1) is 17.3 Å². The standard InChI is InChI=1S/C15H14ClNOS/c16-13-7-11(5-6-14(13)17)19-9-10-8-18-15-4-2-1-3-12(10)15/h1-7,10H,8-9,17H2. The molecule has 98 valence electrons. The molecule has 19 heavy (non-hydrogen) atoms. The minimum atomic E-state index is 0.442. The lowest BCUT2D eigenvalue weighted by Gasteiger charge is -2.09. The summed E-state index contributed by atoms with van der Waals surface area (Å²) in [6, 6.07) is 14.0. The Hall–Kier alpha value is -1.32. The molecule has 0 bridgehead atoms. The maximum Gasteiger partial charge on any atom is 0.122 e. The third-order valence-corrected chi connectivity index (χ3v) is 4.71. The van der Waals surface area contributed by atoms with Gasteiger partial charge in [-0.1, -0.05) is 29.8 Å². The highest BCUT2D eigenvalue weighted by Crippen LogP contribution is 2.37. The highest BCUT2D eigenvalue weighted by atomic mass is 35.5. The minimum absolute atomic E-state index is 0.442. The molecule has 2 aromatic carbocycles. The van der Waals surface area contributed by atoms with E-state index in [1.807, 2.05) is 30.3 Å². The smallest absolute Gasteiger partial charge is 0.122 e.